The fourth-order valence-electron chi connectivity index (χ4n) is 4.48. The molecule has 2 aliphatic heterocycles. The average molecular weight is 523 g/mol. The number of benzene rings is 1. The van der Waals surface area contributed by atoms with E-state index >= 15 is 0 Å². The molecule has 4 rings (SSSR count). The predicted molar refractivity (Wildman–Crippen MR) is 133 cm³/mol. The smallest absolute Gasteiger partial charge is 0.263 e. The van der Waals surface area contributed by atoms with Crippen molar-refractivity contribution in [2.75, 3.05) is 57.3 Å². The number of nitrogens with zero attached hydrogens (tertiary/aromatic N) is 6. The van der Waals surface area contributed by atoms with Gasteiger partial charge in [0.2, 0.25) is 10.9 Å². The maximum atomic E-state index is 13.6. The molecule has 10 nitrogen and oxygen atoms in total. The van der Waals surface area contributed by atoms with Crippen molar-refractivity contribution < 1.29 is 18.0 Å². The van der Waals surface area contributed by atoms with E-state index in [2.05, 4.69) is 10.00 Å². The van der Waals surface area contributed by atoms with E-state index in [0.29, 0.717) is 50.8 Å². The lowest BCUT2D eigenvalue weighted by Gasteiger charge is -2.36. The molecule has 2 aliphatic rings. The largest absolute Gasteiger partial charge is 0.368 e. The number of sulfonamides is 1. The van der Waals surface area contributed by atoms with Crippen molar-refractivity contribution in [1.29, 1.82) is 0 Å². The summed E-state index contributed by atoms with van der Waals surface area (Å²) in [5.41, 5.74) is 0.960. The molecule has 0 spiro atoms. The van der Waals surface area contributed by atoms with Crippen LogP contribution in [0.1, 0.15) is 30.6 Å². The van der Waals surface area contributed by atoms with Gasteiger partial charge in [0.15, 0.2) is 0 Å². The van der Waals surface area contributed by atoms with Crippen molar-refractivity contribution in [3.63, 3.8) is 0 Å². The molecule has 0 aliphatic carbocycles. The maximum Gasteiger partial charge on any atom is 0.263 e. The minimum absolute atomic E-state index is 0.0351. The molecule has 0 saturated carbocycles. The molecule has 3 heterocycles. The fourth-order valence-corrected chi connectivity index (χ4v) is 6.25. The topological polar surface area (TPSA) is 99.1 Å². The highest BCUT2D eigenvalue weighted by atomic mass is 35.5. The summed E-state index contributed by atoms with van der Waals surface area (Å²) < 4.78 is 30.2. The van der Waals surface area contributed by atoms with Crippen LogP contribution in [0, 0.1) is 0 Å². The van der Waals surface area contributed by atoms with Gasteiger partial charge >= 0.3 is 0 Å². The molecule has 2 saturated heterocycles. The molecule has 1 aromatic carbocycles. The molecule has 190 valence electrons. The molecule has 35 heavy (non-hydrogen) atoms. The minimum atomic E-state index is -3.98. The fraction of sp³-hybridized carbons (Fsp3) is 0.522. The van der Waals surface area contributed by atoms with Crippen molar-refractivity contribution >= 4 is 39.1 Å². The lowest BCUT2D eigenvalue weighted by molar-refractivity contribution is -0.130. The number of hydrogen-bond donors (Lipinski definition) is 0. The van der Waals surface area contributed by atoms with Crippen molar-refractivity contribution in [2.45, 2.75) is 31.8 Å². The Morgan fingerprint density at radius 1 is 0.971 bits per heavy atom. The molecule has 0 atom stereocenters. The van der Waals surface area contributed by atoms with E-state index in [1.54, 1.807) is 9.80 Å². The maximum absolute atomic E-state index is 13.6. The number of aryl methyl sites for hydroxylation is 1. The summed E-state index contributed by atoms with van der Waals surface area (Å²) in [6.07, 6.45) is 2.29. The number of anilines is 1. The second-order valence-corrected chi connectivity index (χ2v) is 11.0. The Morgan fingerprint density at radius 3 is 2.20 bits per heavy atom. The second kappa shape index (κ2) is 10.5. The van der Waals surface area contributed by atoms with Gasteiger partial charge in [0, 0.05) is 72.0 Å². The van der Waals surface area contributed by atoms with Crippen LogP contribution in [0.5, 0.6) is 0 Å². The molecular weight excluding hydrogens is 492 g/mol. The van der Waals surface area contributed by atoms with Crippen molar-refractivity contribution in [3.05, 3.63) is 41.0 Å². The zero-order valence-electron chi connectivity index (χ0n) is 20.1. The summed E-state index contributed by atoms with van der Waals surface area (Å²) in [4.78, 5) is 30.3. The quantitative estimate of drug-likeness (QED) is 0.573. The first-order valence-corrected chi connectivity index (χ1v) is 13.7. The first-order chi connectivity index (χ1) is 16.7. The minimum Gasteiger partial charge on any atom is -0.368 e. The van der Waals surface area contributed by atoms with Gasteiger partial charge in [0.25, 0.3) is 15.9 Å². The Kier molecular flexibility index (Phi) is 7.67. The highest BCUT2D eigenvalue weighted by Crippen LogP contribution is 2.28. The van der Waals surface area contributed by atoms with Gasteiger partial charge in [-0.1, -0.05) is 30.7 Å². The number of aromatic nitrogens is 2. The molecule has 2 aromatic rings. The van der Waals surface area contributed by atoms with Gasteiger partial charge in [0.05, 0.1) is 16.3 Å². The van der Waals surface area contributed by atoms with E-state index in [1.807, 2.05) is 31.2 Å². The number of halogens is 1. The number of amides is 2. The Hall–Kier alpha value is -2.63. The molecule has 0 unspecified atom stereocenters. The standard InChI is InChI=1S/C23H31ClN6O4S/c1-3-8-29-17-19(23(32)28-11-9-26(10-12-28)18(2)31)22(25-29)35(33,34)30-15-13-27(14-16-30)21-7-5-4-6-20(21)24/h4-7,17H,3,8-16H2,1-2H3. The van der Waals surface area contributed by atoms with Crippen LogP contribution in [0.25, 0.3) is 0 Å². The van der Waals surface area contributed by atoms with Crippen LogP contribution in [-0.2, 0) is 21.4 Å². The monoisotopic (exact) mass is 522 g/mol. The Labute approximate surface area is 211 Å². The van der Waals surface area contributed by atoms with Gasteiger partial charge < -0.3 is 14.7 Å². The summed E-state index contributed by atoms with van der Waals surface area (Å²) in [6, 6.07) is 7.49. The van der Waals surface area contributed by atoms with Crippen LogP contribution in [0.15, 0.2) is 35.5 Å². The van der Waals surface area contributed by atoms with Crippen LogP contribution in [0.4, 0.5) is 5.69 Å². The van der Waals surface area contributed by atoms with Gasteiger partial charge in [-0.15, -0.1) is 0 Å². The third-order valence-corrected chi connectivity index (χ3v) is 8.59. The van der Waals surface area contributed by atoms with Crippen molar-refractivity contribution in [3.8, 4) is 0 Å². The zero-order chi connectivity index (χ0) is 25.2. The van der Waals surface area contributed by atoms with E-state index in [4.69, 9.17) is 11.6 Å². The third kappa shape index (κ3) is 5.31. The number of piperazine rings is 2. The van der Waals surface area contributed by atoms with Gasteiger partial charge in [-0.3, -0.25) is 14.3 Å². The molecule has 2 amide bonds. The summed E-state index contributed by atoms with van der Waals surface area (Å²) >= 11 is 6.32. The normalized spacial score (nSPS) is 17.6. The molecule has 1 aromatic heterocycles. The Balaban J connectivity index is 1.54. The first-order valence-electron chi connectivity index (χ1n) is 11.8. The molecule has 0 radical (unpaired) electrons. The first kappa shape index (κ1) is 25.5. The number of rotatable bonds is 6. The Morgan fingerprint density at radius 2 is 1.60 bits per heavy atom. The number of carbonyl (C=O) groups excluding carboxylic acids is 2. The SMILES string of the molecule is CCCn1cc(C(=O)N2CCN(C(C)=O)CC2)c(S(=O)(=O)N2CCN(c3ccccc3Cl)CC2)n1. The van der Waals surface area contributed by atoms with Gasteiger partial charge in [-0.25, -0.2) is 8.42 Å². The van der Waals surface area contributed by atoms with Crippen LogP contribution in [-0.4, -0.2) is 96.5 Å². The van der Waals surface area contributed by atoms with Crippen LogP contribution < -0.4 is 4.90 Å². The van der Waals surface area contributed by atoms with E-state index in [1.165, 1.54) is 22.1 Å². The third-order valence-electron chi connectivity index (χ3n) is 6.44. The molecule has 0 N–H and O–H groups in total. The van der Waals surface area contributed by atoms with E-state index in [9.17, 15) is 18.0 Å². The van der Waals surface area contributed by atoms with Crippen molar-refractivity contribution in [2.24, 2.45) is 0 Å². The predicted octanol–water partition coefficient (Wildman–Crippen LogP) is 1.76. The summed E-state index contributed by atoms with van der Waals surface area (Å²) in [5.74, 6) is -0.407. The van der Waals surface area contributed by atoms with Gasteiger partial charge in [-0.05, 0) is 18.6 Å². The van der Waals surface area contributed by atoms with E-state index in [-0.39, 0.29) is 35.5 Å². The molecule has 0 bridgehead atoms. The van der Waals surface area contributed by atoms with Crippen LogP contribution in [0.3, 0.4) is 0 Å². The number of carbonyl (C=O) groups is 2. The highest BCUT2D eigenvalue weighted by molar-refractivity contribution is 7.89. The molecule has 12 heteroatoms. The van der Waals surface area contributed by atoms with Gasteiger partial charge in [0.1, 0.15) is 0 Å². The summed E-state index contributed by atoms with van der Waals surface area (Å²) in [5, 5.41) is 4.76. The van der Waals surface area contributed by atoms with E-state index < -0.39 is 10.0 Å². The lowest BCUT2D eigenvalue weighted by Crippen LogP contribution is -2.51. The number of para-hydroxylation sites is 1. The van der Waals surface area contributed by atoms with Crippen molar-refractivity contribution in [1.82, 2.24) is 23.9 Å². The molecular formula is C23H31ClN6O4S. The van der Waals surface area contributed by atoms with E-state index in [0.717, 1.165) is 12.1 Å². The average Bonchev–Trinajstić information content (AvgIpc) is 3.29. The molecule has 2 fully saturated rings. The second-order valence-electron chi connectivity index (χ2n) is 8.75. The number of hydrogen-bond acceptors (Lipinski definition) is 6. The summed E-state index contributed by atoms with van der Waals surface area (Å²) in [7, 11) is -3.98. The summed E-state index contributed by atoms with van der Waals surface area (Å²) in [6.45, 7) is 7.03. The van der Waals surface area contributed by atoms with Gasteiger partial charge in [-0.2, -0.15) is 9.40 Å². The van der Waals surface area contributed by atoms with Crippen LogP contribution in [0.2, 0.25) is 5.02 Å². The lowest BCUT2D eigenvalue weighted by atomic mass is 10.2. The highest BCUT2D eigenvalue weighted by Gasteiger charge is 2.36. The van der Waals surface area contributed by atoms with Crippen LogP contribution >= 0.6 is 11.6 Å². The Bertz CT molecular complexity index is 1180. The zero-order valence-corrected chi connectivity index (χ0v) is 21.6.